The maximum absolute atomic E-state index is 12.1. The molecule has 6 nitrogen and oxygen atoms in total. The Bertz CT molecular complexity index is 1190. The maximum Gasteiger partial charge on any atom is 0.252 e. The topological polar surface area (TPSA) is 99.0 Å². The summed E-state index contributed by atoms with van der Waals surface area (Å²) in [6, 6.07) is 19.6. The van der Waals surface area contributed by atoms with Crippen molar-refractivity contribution in [2.45, 2.75) is 13.1 Å². The van der Waals surface area contributed by atoms with E-state index in [-0.39, 0.29) is 0 Å². The van der Waals surface area contributed by atoms with E-state index in [9.17, 15) is 4.79 Å². The zero-order chi connectivity index (χ0) is 19.7. The lowest BCUT2D eigenvalue weighted by Crippen LogP contribution is -2.16. The van der Waals surface area contributed by atoms with Crippen LogP contribution in [0.2, 0.25) is 0 Å². The normalized spacial score (nSPS) is 11.0. The number of allylic oxidation sites excluding steroid dienone is 1. The van der Waals surface area contributed by atoms with Gasteiger partial charge in [0.05, 0.1) is 17.6 Å². The van der Waals surface area contributed by atoms with Crippen LogP contribution in [0.1, 0.15) is 15.9 Å². The molecule has 4 rings (SSSR count). The number of pyridine rings is 1. The fourth-order valence-electron chi connectivity index (χ4n) is 3.43. The molecule has 0 aliphatic rings. The number of amides is 1. The van der Waals surface area contributed by atoms with Gasteiger partial charge in [-0.3, -0.25) is 4.79 Å². The van der Waals surface area contributed by atoms with E-state index in [0.717, 1.165) is 27.5 Å². The first-order chi connectivity index (χ1) is 13.5. The van der Waals surface area contributed by atoms with Gasteiger partial charge < -0.3 is 21.4 Å². The monoisotopic (exact) mass is 371 g/mol. The fraction of sp³-hybridized carbons (Fsp3) is 0.0909. The molecule has 0 spiro atoms. The lowest BCUT2D eigenvalue weighted by atomic mass is 10.1. The van der Waals surface area contributed by atoms with Crippen molar-refractivity contribution in [2.24, 2.45) is 11.5 Å². The number of primary amides is 1. The van der Waals surface area contributed by atoms with Crippen LogP contribution in [0, 0.1) is 0 Å². The van der Waals surface area contributed by atoms with Gasteiger partial charge in [0.1, 0.15) is 11.5 Å². The van der Waals surface area contributed by atoms with E-state index in [4.69, 9.17) is 16.5 Å². The minimum Gasteiger partial charge on any atom is -0.401 e. The highest BCUT2D eigenvalue weighted by Gasteiger charge is 2.18. The largest absolute Gasteiger partial charge is 0.401 e. The number of hydrogen-bond acceptors (Lipinski definition) is 4. The molecule has 2 aromatic carbocycles. The molecule has 0 unspecified atom stereocenters. The van der Waals surface area contributed by atoms with Crippen LogP contribution in [0.3, 0.4) is 0 Å². The van der Waals surface area contributed by atoms with Crippen LogP contribution >= 0.6 is 0 Å². The van der Waals surface area contributed by atoms with Gasteiger partial charge in [-0.2, -0.15) is 0 Å². The molecule has 0 saturated carbocycles. The van der Waals surface area contributed by atoms with Gasteiger partial charge in [0.2, 0.25) is 0 Å². The average Bonchev–Trinajstić information content (AvgIpc) is 2.99. The molecular weight excluding hydrogens is 350 g/mol. The summed E-state index contributed by atoms with van der Waals surface area (Å²) in [7, 11) is 0. The van der Waals surface area contributed by atoms with Crippen molar-refractivity contribution in [1.82, 2.24) is 9.55 Å². The lowest BCUT2D eigenvalue weighted by molar-refractivity contribution is 0.100. The Hall–Kier alpha value is -3.80. The smallest absolute Gasteiger partial charge is 0.252 e. The van der Waals surface area contributed by atoms with Crippen molar-refractivity contribution in [2.75, 3.05) is 5.32 Å². The standard InChI is InChI=1S/C22H21N5O/c1-14(23)13-27-19-10-6-5-9-16(19)17-11-18(20(24)28)21(26-22(17)27)25-12-15-7-3-2-4-8-15/h2-11H,1,12-13,23H2,(H2,24,28)(H,25,26). The van der Waals surface area contributed by atoms with Gasteiger partial charge in [-0.05, 0) is 17.7 Å². The summed E-state index contributed by atoms with van der Waals surface area (Å²) in [4.78, 5) is 16.9. The summed E-state index contributed by atoms with van der Waals surface area (Å²) in [5, 5.41) is 5.10. The molecule has 6 heteroatoms. The fourth-order valence-corrected chi connectivity index (χ4v) is 3.43. The molecule has 0 atom stereocenters. The summed E-state index contributed by atoms with van der Waals surface area (Å²) in [6.45, 7) is 4.79. The zero-order valence-corrected chi connectivity index (χ0v) is 15.4. The molecule has 28 heavy (non-hydrogen) atoms. The predicted molar refractivity (Wildman–Crippen MR) is 113 cm³/mol. The summed E-state index contributed by atoms with van der Waals surface area (Å²) in [5.74, 6) is -0.0689. The van der Waals surface area contributed by atoms with Crippen LogP contribution in [0.25, 0.3) is 21.9 Å². The number of benzene rings is 2. The van der Waals surface area contributed by atoms with E-state index in [0.29, 0.717) is 30.2 Å². The number of nitrogens with two attached hydrogens (primary N) is 2. The summed E-state index contributed by atoms with van der Waals surface area (Å²) < 4.78 is 2.01. The highest BCUT2D eigenvalue weighted by atomic mass is 16.1. The van der Waals surface area contributed by atoms with Crippen LogP contribution in [-0.4, -0.2) is 15.5 Å². The van der Waals surface area contributed by atoms with Gasteiger partial charge in [-0.25, -0.2) is 4.98 Å². The minimum absolute atomic E-state index is 0.359. The van der Waals surface area contributed by atoms with E-state index < -0.39 is 5.91 Å². The SMILES string of the molecule is C=C(N)Cn1c2ccccc2c2cc(C(N)=O)c(NCc3ccccc3)nc21. The molecule has 0 aliphatic heterocycles. The van der Waals surface area contributed by atoms with Crippen LogP contribution < -0.4 is 16.8 Å². The van der Waals surface area contributed by atoms with Crippen molar-refractivity contribution in [3.05, 3.63) is 84.1 Å². The predicted octanol–water partition coefficient (Wildman–Crippen LogP) is 3.37. The van der Waals surface area contributed by atoms with Gasteiger partial charge in [0.15, 0.2) is 0 Å². The lowest BCUT2D eigenvalue weighted by Gasteiger charge is -2.11. The number of nitrogens with zero attached hydrogens (tertiary/aromatic N) is 2. The van der Waals surface area contributed by atoms with Crippen molar-refractivity contribution in [3.8, 4) is 0 Å². The van der Waals surface area contributed by atoms with Crippen molar-refractivity contribution in [3.63, 3.8) is 0 Å². The molecule has 0 aliphatic carbocycles. The first-order valence-corrected chi connectivity index (χ1v) is 8.97. The Balaban J connectivity index is 1.89. The highest BCUT2D eigenvalue weighted by Crippen LogP contribution is 2.31. The second-order valence-electron chi connectivity index (χ2n) is 6.72. The molecule has 2 aromatic heterocycles. The molecule has 0 saturated heterocycles. The number of carbonyl (C=O) groups excluding carboxylic acids is 1. The number of fused-ring (bicyclic) bond motifs is 3. The van der Waals surface area contributed by atoms with Gasteiger partial charge in [-0.15, -0.1) is 0 Å². The number of aromatic nitrogens is 2. The maximum atomic E-state index is 12.1. The third kappa shape index (κ3) is 3.16. The third-order valence-corrected chi connectivity index (χ3v) is 4.67. The van der Waals surface area contributed by atoms with Gasteiger partial charge in [0, 0.05) is 23.0 Å². The first-order valence-electron chi connectivity index (χ1n) is 8.97. The number of para-hydroxylation sites is 1. The molecule has 2 heterocycles. The number of rotatable bonds is 6. The second kappa shape index (κ2) is 7.08. The average molecular weight is 371 g/mol. The van der Waals surface area contributed by atoms with Crippen LogP contribution in [0.5, 0.6) is 0 Å². The van der Waals surface area contributed by atoms with E-state index in [2.05, 4.69) is 11.9 Å². The van der Waals surface area contributed by atoms with Crippen LogP contribution in [0.15, 0.2) is 72.9 Å². The number of hydrogen-bond donors (Lipinski definition) is 3. The van der Waals surface area contributed by atoms with E-state index >= 15 is 0 Å². The van der Waals surface area contributed by atoms with Gasteiger partial charge in [0.25, 0.3) is 5.91 Å². The van der Waals surface area contributed by atoms with Crippen molar-refractivity contribution in [1.29, 1.82) is 0 Å². The van der Waals surface area contributed by atoms with Crippen molar-refractivity contribution >= 4 is 33.7 Å². The Morgan fingerprint density at radius 2 is 1.75 bits per heavy atom. The van der Waals surface area contributed by atoms with Gasteiger partial charge in [-0.1, -0.05) is 55.1 Å². The summed E-state index contributed by atoms with van der Waals surface area (Å²) in [6.07, 6.45) is 0. The minimum atomic E-state index is -0.523. The number of nitrogens with one attached hydrogen (secondary N) is 1. The summed E-state index contributed by atoms with van der Waals surface area (Å²) >= 11 is 0. The Morgan fingerprint density at radius 3 is 2.46 bits per heavy atom. The first kappa shape index (κ1) is 17.6. The molecule has 5 N–H and O–H groups in total. The van der Waals surface area contributed by atoms with Crippen LogP contribution in [-0.2, 0) is 13.1 Å². The molecule has 0 radical (unpaired) electrons. The van der Waals surface area contributed by atoms with Crippen LogP contribution in [0.4, 0.5) is 5.82 Å². The highest BCUT2D eigenvalue weighted by molar-refractivity contribution is 6.10. The van der Waals surface area contributed by atoms with Gasteiger partial charge >= 0.3 is 0 Å². The quantitative estimate of drug-likeness (QED) is 0.484. The summed E-state index contributed by atoms with van der Waals surface area (Å²) in [5.41, 5.74) is 15.2. The molecule has 0 bridgehead atoms. The van der Waals surface area contributed by atoms with E-state index in [1.807, 2.05) is 59.2 Å². The van der Waals surface area contributed by atoms with Crippen molar-refractivity contribution < 1.29 is 4.79 Å². The zero-order valence-electron chi connectivity index (χ0n) is 15.4. The molecular formula is C22H21N5O. The van der Waals surface area contributed by atoms with E-state index in [1.165, 1.54) is 0 Å². The molecule has 1 amide bonds. The molecule has 4 aromatic rings. The second-order valence-corrected chi connectivity index (χ2v) is 6.72. The molecule has 140 valence electrons. The number of anilines is 1. The Morgan fingerprint density at radius 1 is 1.04 bits per heavy atom. The van der Waals surface area contributed by atoms with E-state index in [1.54, 1.807) is 6.07 Å². The third-order valence-electron chi connectivity index (χ3n) is 4.67. The molecule has 0 fully saturated rings. The number of carbonyl (C=O) groups is 1. The Kier molecular flexibility index (Phi) is 4.45. The Labute approximate surface area is 162 Å².